The first-order valence-electron chi connectivity index (χ1n) is 3.52. The molecule has 2 N–H and O–H groups in total. The molecular weight excluding hydrogens is 208 g/mol. The largest absolute Gasteiger partial charge is 0.365 e. The van der Waals surface area contributed by atoms with Gasteiger partial charge in [0.25, 0.3) is 5.91 Å². The predicted octanol–water partition coefficient (Wildman–Crippen LogP) is 2.05. The van der Waals surface area contributed by atoms with Crippen LogP contribution in [0.3, 0.4) is 0 Å². The second kappa shape index (κ2) is 2.97. The third-order valence-corrected chi connectivity index (χ3v) is 3.20. The number of pyridine rings is 1. The Balaban J connectivity index is 2.75. The molecule has 0 saturated heterocycles. The number of hydrogen-bond donors (Lipinski definition) is 1. The highest BCUT2D eigenvalue weighted by Gasteiger charge is 2.08. The lowest BCUT2D eigenvalue weighted by molar-refractivity contribution is 0.100. The quantitative estimate of drug-likeness (QED) is 0.736. The highest BCUT2D eigenvalue weighted by Crippen LogP contribution is 2.29. The van der Waals surface area contributed by atoms with Gasteiger partial charge in [-0.05, 0) is 17.5 Å². The van der Waals surface area contributed by atoms with Crippen LogP contribution < -0.4 is 5.73 Å². The van der Waals surface area contributed by atoms with Crippen LogP contribution in [-0.2, 0) is 0 Å². The van der Waals surface area contributed by atoms with Crippen molar-refractivity contribution < 1.29 is 4.79 Å². The van der Waals surface area contributed by atoms with Crippen LogP contribution in [0.1, 0.15) is 9.67 Å². The molecule has 0 bridgehead atoms. The zero-order valence-corrected chi connectivity index (χ0v) is 8.02. The van der Waals surface area contributed by atoms with Gasteiger partial charge in [-0.15, -0.1) is 11.3 Å². The van der Waals surface area contributed by atoms with Crippen molar-refractivity contribution in [2.24, 2.45) is 5.73 Å². The molecule has 0 fully saturated rings. The summed E-state index contributed by atoms with van der Waals surface area (Å²) in [5.41, 5.74) is 5.14. The zero-order valence-electron chi connectivity index (χ0n) is 6.45. The number of carbonyl (C=O) groups excluding carboxylic acids is 1. The van der Waals surface area contributed by atoms with E-state index in [-0.39, 0.29) is 0 Å². The molecule has 0 atom stereocenters. The number of thiophene rings is 1. The maximum absolute atomic E-state index is 10.9. The van der Waals surface area contributed by atoms with Crippen molar-refractivity contribution in [1.82, 2.24) is 4.98 Å². The Labute approximate surface area is 83.1 Å². The number of primary amides is 1. The number of amides is 1. The molecule has 0 aromatic carbocycles. The number of nitrogens with zero attached hydrogens (tertiary/aromatic N) is 1. The summed E-state index contributed by atoms with van der Waals surface area (Å²) in [5.74, 6) is -0.433. The molecule has 5 heteroatoms. The summed E-state index contributed by atoms with van der Waals surface area (Å²) in [7, 11) is 0. The van der Waals surface area contributed by atoms with E-state index in [0.717, 1.165) is 10.1 Å². The van der Waals surface area contributed by atoms with Crippen molar-refractivity contribution in [3.8, 4) is 0 Å². The van der Waals surface area contributed by atoms with E-state index in [1.165, 1.54) is 11.3 Å². The molecule has 0 aliphatic carbocycles. The molecule has 0 unspecified atom stereocenters. The van der Waals surface area contributed by atoms with Gasteiger partial charge in [0.1, 0.15) is 5.15 Å². The Hall–Kier alpha value is -1.13. The van der Waals surface area contributed by atoms with Gasteiger partial charge in [-0.3, -0.25) is 4.79 Å². The maximum atomic E-state index is 10.9. The third-order valence-electron chi connectivity index (χ3n) is 1.63. The minimum absolute atomic E-state index is 0.412. The number of aromatic nitrogens is 1. The average molecular weight is 213 g/mol. The molecule has 0 spiro atoms. The van der Waals surface area contributed by atoms with Crippen LogP contribution in [0.2, 0.25) is 5.15 Å². The molecule has 2 rings (SSSR count). The number of nitrogens with two attached hydrogens (primary N) is 1. The van der Waals surface area contributed by atoms with Gasteiger partial charge in [0.2, 0.25) is 0 Å². The van der Waals surface area contributed by atoms with Gasteiger partial charge in [0, 0.05) is 6.20 Å². The van der Waals surface area contributed by atoms with E-state index in [0.29, 0.717) is 10.0 Å². The minimum Gasteiger partial charge on any atom is -0.365 e. The number of fused-ring (bicyclic) bond motifs is 1. The molecule has 0 radical (unpaired) electrons. The first-order valence-corrected chi connectivity index (χ1v) is 4.72. The van der Waals surface area contributed by atoms with E-state index >= 15 is 0 Å². The molecule has 0 aliphatic heterocycles. The monoisotopic (exact) mass is 212 g/mol. The highest BCUT2D eigenvalue weighted by atomic mass is 35.5. The fourth-order valence-corrected chi connectivity index (χ4v) is 2.22. The van der Waals surface area contributed by atoms with Crippen molar-refractivity contribution in [3.63, 3.8) is 0 Å². The molecule has 2 aromatic rings. The van der Waals surface area contributed by atoms with Crippen molar-refractivity contribution in [1.29, 1.82) is 0 Å². The van der Waals surface area contributed by atoms with Crippen LogP contribution in [0.4, 0.5) is 0 Å². The first kappa shape index (κ1) is 8.47. The Kier molecular flexibility index (Phi) is 1.94. The summed E-state index contributed by atoms with van der Waals surface area (Å²) in [4.78, 5) is 15.3. The van der Waals surface area contributed by atoms with Gasteiger partial charge in [-0.1, -0.05) is 11.6 Å². The Morgan fingerprint density at radius 2 is 2.38 bits per heavy atom. The summed E-state index contributed by atoms with van der Waals surface area (Å²) in [6.07, 6.45) is 1.60. The van der Waals surface area contributed by atoms with Crippen molar-refractivity contribution in [3.05, 3.63) is 28.4 Å². The molecule has 3 nitrogen and oxygen atoms in total. The van der Waals surface area contributed by atoms with Crippen LogP contribution >= 0.6 is 22.9 Å². The van der Waals surface area contributed by atoms with E-state index in [1.54, 1.807) is 18.3 Å². The Bertz CT molecular complexity index is 480. The van der Waals surface area contributed by atoms with Gasteiger partial charge < -0.3 is 5.73 Å². The fourth-order valence-electron chi connectivity index (χ4n) is 1.05. The molecule has 0 aliphatic rings. The molecule has 13 heavy (non-hydrogen) atoms. The smallest absolute Gasteiger partial charge is 0.258 e. The summed E-state index contributed by atoms with van der Waals surface area (Å²) in [5, 5.41) is 1.31. The van der Waals surface area contributed by atoms with Crippen molar-refractivity contribution in [2.45, 2.75) is 0 Å². The SMILES string of the molecule is NC(=O)c1cc2ccnc(Cl)c2s1. The number of rotatable bonds is 1. The number of carbonyl (C=O) groups is 1. The van der Waals surface area contributed by atoms with E-state index in [2.05, 4.69) is 4.98 Å². The molecule has 2 aromatic heterocycles. The predicted molar refractivity (Wildman–Crippen MR) is 53.1 cm³/mol. The Morgan fingerprint density at radius 3 is 3.00 bits per heavy atom. The molecule has 1 amide bonds. The lowest BCUT2D eigenvalue weighted by atomic mass is 10.3. The maximum Gasteiger partial charge on any atom is 0.258 e. The number of halogens is 1. The van der Waals surface area contributed by atoms with Gasteiger partial charge in [0.15, 0.2) is 0 Å². The van der Waals surface area contributed by atoms with Gasteiger partial charge >= 0.3 is 0 Å². The second-order valence-corrected chi connectivity index (χ2v) is 3.91. The zero-order chi connectivity index (χ0) is 9.42. The van der Waals surface area contributed by atoms with Crippen LogP contribution in [0.25, 0.3) is 10.1 Å². The molecule has 0 saturated carbocycles. The third kappa shape index (κ3) is 1.38. The van der Waals surface area contributed by atoms with E-state index in [4.69, 9.17) is 17.3 Å². The summed E-state index contributed by atoms with van der Waals surface area (Å²) >= 11 is 7.09. The Morgan fingerprint density at radius 1 is 1.62 bits per heavy atom. The van der Waals surface area contributed by atoms with Crippen molar-refractivity contribution >= 4 is 38.9 Å². The second-order valence-electron chi connectivity index (χ2n) is 2.50. The highest BCUT2D eigenvalue weighted by molar-refractivity contribution is 7.21. The molecule has 66 valence electrons. The van der Waals surface area contributed by atoms with Crippen LogP contribution in [0, 0.1) is 0 Å². The van der Waals surface area contributed by atoms with Crippen LogP contribution in [0.15, 0.2) is 18.3 Å². The normalized spacial score (nSPS) is 10.5. The lowest BCUT2D eigenvalue weighted by Crippen LogP contribution is -2.07. The lowest BCUT2D eigenvalue weighted by Gasteiger charge is -1.88. The standard InChI is InChI=1S/C8H5ClN2OS/c9-7-6-4(1-2-11-7)3-5(13-6)8(10)12/h1-3H,(H2,10,12). The van der Waals surface area contributed by atoms with Crippen LogP contribution in [0.5, 0.6) is 0 Å². The summed E-state index contributed by atoms with van der Waals surface area (Å²) < 4.78 is 0.804. The van der Waals surface area contributed by atoms with E-state index < -0.39 is 5.91 Å². The topological polar surface area (TPSA) is 56.0 Å². The summed E-state index contributed by atoms with van der Waals surface area (Å²) in [6.45, 7) is 0. The fraction of sp³-hybridized carbons (Fsp3) is 0. The van der Waals surface area contributed by atoms with E-state index in [9.17, 15) is 4.79 Å². The number of hydrogen-bond acceptors (Lipinski definition) is 3. The molecule has 2 heterocycles. The van der Waals surface area contributed by atoms with E-state index in [1.807, 2.05) is 0 Å². The summed E-state index contributed by atoms with van der Waals surface area (Å²) in [6, 6.07) is 3.51. The molecular formula is C8H5ClN2OS. The minimum atomic E-state index is -0.433. The van der Waals surface area contributed by atoms with Gasteiger partial charge in [-0.2, -0.15) is 0 Å². The average Bonchev–Trinajstić information content (AvgIpc) is 2.49. The van der Waals surface area contributed by atoms with Crippen LogP contribution in [-0.4, -0.2) is 10.9 Å². The first-order chi connectivity index (χ1) is 6.18. The van der Waals surface area contributed by atoms with Crippen molar-refractivity contribution in [2.75, 3.05) is 0 Å². The van der Waals surface area contributed by atoms with Gasteiger partial charge in [-0.25, -0.2) is 4.98 Å². The van der Waals surface area contributed by atoms with Gasteiger partial charge in [0.05, 0.1) is 9.58 Å².